The zero-order valence-electron chi connectivity index (χ0n) is 11.0. The Bertz CT molecular complexity index is 808. The van der Waals surface area contributed by atoms with Crippen molar-refractivity contribution in [2.24, 2.45) is 0 Å². The fourth-order valence-corrected chi connectivity index (χ4v) is 2.64. The van der Waals surface area contributed by atoms with Gasteiger partial charge in [-0.3, -0.25) is 10.1 Å². The summed E-state index contributed by atoms with van der Waals surface area (Å²) in [6.45, 7) is 0. The Labute approximate surface area is 123 Å². The quantitative estimate of drug-likeness (QED) is 0.728. The van der Waals surface area contributed by atoms with Crippen LogP contribution in [0.25, 0.3) is 11.0 Å². The van der Waals surface area contributed by atoms with E-state index in [1.54, 1.807) is 24.3 Å². The standard InChI is InChI=1S/C14H11N3O3S/c1-20-14(19)17-13-15-9-5-2-4-8(11(9)16-13)12(18)10-6-3-7-21-10/h2-7H,1H3,(H2,15,16,17,19). The van der Waals surface area contributed by atoms with Crippen LogP contribution in [0.3, 0.4) is 0 Å². The van der Waals surface area contributed by atoms with E-state index in [9.17, 15) is 9.59 Å². The van der Waals surface area contributed by atoms with Gasteiger partial charge in [0.2, 0.25) is 11.7 Å². The molecule has 0 atom stereocenters. The molecule has 1 amide bonds. The fourth-order valence-electron chi connectivity index (χ4n) is 1.96. The van der Waals surface area contributed by atoms with E-state index in [1.165, 1.54) is 18.4 Å². The fraction of sp³-hybridized carbons (Fsp3) is 0.0714. The summed E-state index contributed by atoms with van der Waals surface area (Å²) in [5.74, 6) is 0.148. The van der Waals surface area contributed by atoms with Crippen molar-refractivity contribution in [3.63, 3.8) is 0 Å². The molecule has 1 aromatic carbocycles. The highest BCUT2D eigenvalue weighted by molar-refractivity contribution is 7.12. The van der Waals surface area contributed by atoms with Gasteiger partial charge in [0.05, 0.1) is 23.1 Å². The largest absolute Gasteiger partial charge is 0.453 e. The lowest BCUT2D eigenvalue weighted by Gasteiger charge is -1.99. The molecular formula is C14H11N3O3S. The number of benzene rings is 1. The van der Waals surface area contributed by atoms with Crippen LogP contribution in [0.15, 0.2) is 35.7 Å². The van der Waals surface area contributed by atoms with Gasteiger partial charge in [0.15, 0.2) is 0 Å². The average molecular weight is 301 g/mol. The summed E-state index contributed by atoms with van der Waals surface area (Å²) in [5.41, 5.74) is 1.68. The van der Waals surface area contributed by atoms with E-state index in [2.05, 4.69) is 20.0 Å². The molecule has 7 heteroatoms. The Kier molecular flexibility index (Phi) is 3.41. The first-order valence-corrected chi connectivity index (χ1v) is 6.99. The smallest absolute Gasteiger partial charge is 0.413 e. The van der Waals surface area contributed by atoms with Crippen LogP contribution in [0.2, 0.25) is 0 Å². The predicted octanol–water partition coefficient (Wildman–Crippen LogP) is 3.03. The van der Waals surface area contributed by atoms with Crippen LogP contribution in [-0.2, 0) is 4.74 Å². The lowest BCUT2D eigenvalue weighted by atomic mass is 10.1. The number of amides is 1. The minimum Gasteiger partial charge on any atom is -0.453 e. The lowest BCUT2D eigenvalue weighted by molar-refractivity contribution is 0.104. The number of anilines is 1. The normalized spacial score (nSPS) is 10.5. The highest BCUT2D eigenvalue weighted by Crippen LogP contribution is 2.23. The number of rotatable bonds is 3. The monoisotopic (exact) mass is 301 g/mol. The Morgan fingerprint density at radius 1 is 1.29 bits per heavy atom. The molecule has 0 aliphatic heterocycles. The number of aromatic nitrogens is 2. The van der Waals surface area contributed by atoms with E-state index >= 15 is 0 Å². The predicted molar refractivity (Wildman–Crippen MR) is 79.9 cm³/mol. The van der Waals surface area contributed by atoms with E-state index in [-0.39, 0.29) is 11.7 Å². The molecule has 0 fully saturated rings. The van der Waals surface area contributed by atoms with Gasteiger partial charge < -0.3 is 9.72 Å². The van der Waals surface area contributed by atoms with Gasteiger partial charge in [0.25, 0.3) is 0 Å². The van der Waals surface area contributed by atoms with Gasteiger partial charge in [-0.15, -0.1) is 11.3 Å². The number of hydrogen-bond donors (Lipinski definition) is 2. The van der Waals surface area contributed by atoms with Gasteiger partial charge in [-0.1, -0.05) is 12.1 Å². The van der Waals surface area contributed by atoms with Crippen molar-refractivity contribution in [3.05, 3.63) is 46.2 Å². The summed E-state index contributed by atoms with van der Waals surface area (Å²) in [6, 6.07) is 8.87. The van der Waals surface area contributed by atoms with E-state index in [1.807, 2.05) is 11.4 Å². The first-order valence-electron chi connectivity index (χ1n) is 6.11. The third-order valence-corrected chi connectivity index (χ3v) is 3.78. The molecule has 0 bridgehead atoms. The number of fused-ring (bicyclic) bond motifs is 1. The molecule has 0 radical (unpaired) electrons. The maximum absolute atomic E-state index is 12.5. The van der Waals surface area contributed by atoms with Crippen LogP contribution in [0.1, 0.15) is 15.2 Å². The number of ketones is 1. The molecule has 3 rings (SSSR count). The van der Waals surface area contributed by atoms with Crippen LogP contribution < -0.4 is 5.32 Å². The van der Waals surface area contributed by atoms with Crippen LogP contribution in [0.4, 0.5) is 10.7 Å². The zero-order chi connectivity index (χ0) is 14.8. The van der Waals surface area contributed by atoms with Crippen molar-refractivity contribution in [2.75, 3.05) is 12.4 Å². The minimum absolute atomic E-state index is 0.0910. The van der Waals surface area contributed by atoms with Crippen LogP contribution in [0.5, 0.6) is 0 Å². The summed E-state index contributed by atoms with van der Waals surface area (Å²) in [6.07, 6.45) is -0.625. The second-order valence-corrected chi connectivity index (χ2v) is 5.16. The van der Waals surface area contributed by atoms with E-state index in [0.717, 1.165) is 0 Å². The van der Waals surface area contributed by atoms with E-state index < -0.39 is 6.09 Å². The van der Waals surface area contributed by atoms with Crippen molar-refractivity contribution in [1.29, 1.82) is 0 Å². The Morgan fingerprint density at radius 3 is 2.86 bits per heavy atom. The number of hydrogen-bond acceptors (Lipinski definition) is 5. The maximum atomic E-state index is 12.5. The number of ether oxygens (including phenoxy) is 1. The number of carbonyl (C=O) groups is 2. The number of nitrogens with zero attached hydrogens (tertiary/aromatic N) is 1. The number of para-hydroxylation sites is 1. The third-order valence-electron chi connectivity index (χ3n) is 2.91. The van der Waals surface area contributed by atoms with Gasteiger partial charge in [0.1, 0.15) is 5.52 Å². The third kappa shape index (κ3) is 2.50. The molecule has 0 saturated carbocycles. The van der Waals surface area contributed by atoms with Crippen molar-refractivity contribution >= 4 is 40.2 Å². The van der Waals surface area contributed by atoms with Crippen molar-refractivity contribution < 1.29 is 14.3 Å². The Balaban J connectivity index is 2.03. The van der Waals surface area contributed by atoms with Crippen molar-refractivity contribution in [3.8, 4) is 0 Å². The summed E-state index contributed by atoms with van der Waals surface area (Å²) in [5, 5.41) is 4.29. The Hall–Kier alpha value is -2.67. The summed E-state index contributed by atoms with van der Waals surface area (Å²) < 4.78 is 4.51. The van der Waals surface area contributed by atoms with Crippen molar-refractivity contribution in [1.82, 2.24) is 9.97 Å². The summed E-state index contributed by atoms with van der Waals surface area (Å²) >= 11 is 1.38. The molecule has 3 aromatic rings. The van der Waals surface area contributed by atoms with Crippen LogP contribution in [0, 0.1) is 0 Å². The van der Waals surface area contributed by atoms with Gasteiger partial charge in [-0.05, 0) is 23.6 Å². The average Bonchev–Trinajstić information content (AvgIpc) is 3.14. The molecule has 106 valence electrons. The zero-order valence-corrected chi connectivity index (χ0v) is 11.9. The molecule has 2 heterocycles. The number of methoxy groups -OCH3 is 1. The number of aromatic amines is 1. The second-order valence-electron chi connectivity index (χ2n) is 4.21. The Morgan fingerprint density at radius 2 is 2.14 bits per heavy atom. The van der Waals surface area contributed by atoms with Gasteiger partial charge in [-0.2, -0.15) is 0 Å². The number of H-pyrrole nitrogens is 1. The molecule has 0 saturated heterocycles. The number of carbonyl (C=O) groups excluding carboxylic acids is 2. The van der Waals surface area contributed by atoms with E-state index in [0.29, 0.717) is 21.5 Å². The molecule has 0 aliphatic rings. The highest BCUT2D eigenvalue weighted by atomic mass is 32.1. The van der Waals surface area contributed by atoms with Crippen LogP contribution >= 0.6 is 11.3 Å². The van der Waals surface area contributed by atoms with Gasteiger partial charge in [0, 0.05) is 0 Å². The first-order chi connectivity index (χ1) is 10.2. The molecule has 2 N–H and O–H groups in total. The molecule has 0 unspecified atom stereocenters. The van der Waals surface area contributed by atoms with E-state index in [4.69, 9.17) is 0 Å². The maximum Gasteiger partial charge on any atom is 0.413 e. The second kappa shape index (κ2) is 5.37. The molecule has 6 nitrogen and oxygen atoms in total. The first kappa shape index (κ1) is 13.3. The van der Waals surface area contributed by atoms with Gasteiger partial charge >= 0.3 is 6.09 Å². The molecular weight excluding hydrogens is 290 g/mol. The molecule has 21 heavy (non-hydrogen) atoms. The minimum atomic E-state index is -0.625. The molecule has 2 aromatic heterocycles. The highest BCUT2D eigenvalue weighted by Gasteiger charge is 2.16. The van der Waals surface area contributed by atoms with Gasteiger partial charge in [-0.25, -0.2) is 9.78 Å². The molecule has 0 aliphatic carbocycles. The van der Waals surface area contributed by atoms with Crippen molar-refractivity contribution in [2.45, 2.75) is 0 Å². The SMILES string of the molecule is COC(=O)Nc1nc2c(C(=O)c3cccs3)cccc2[nH]1. The topological polar surface area (TPSA) is 84.1 Å². The lowest BCUT2D eigenvalue weighted by Crippen LogP contribution is -2.11. The summed E-state index contributed by atoms with van der Waals surface area (Å²) in [7, 11) is 1.27. The number of nitrogens with one attached hydrogen (secondary N) is 2. The van der Waals surface area contributed by atoms with Crippen LogP contribution in [-0.4, -0.2) is 29.0 Å². The number of thiophene rings is 1. The summed E-state index contributed by atoms with van der Waals surface area (Å²) in [4.78, 5) is 31.5. The number of imidazole rings is 1. The molecule has 0 spiro atoms.